The zero-order valence-electron chi connectivity index (χ0n) is 12.3. The van der Waals surface area contributed by atoms with Crippen LogP contribution in [0.5, 0.6) is 0 Å². The Bertz CT molecular complexity index is 519. The van der Waals surface area contributed by atoms with Gasteiger partial charge >= 0.3 is 12.1 Å². The summed E-state index contributed by atoms with van der Waals surface area (Å²) in [6.07, 6.45) is 1.03. The van der Waals surface area contributed by atoms with Crippen LogP contribution in [0.3, 0.4) is 0 Å². The molecule has 0 radical (unpaired) electrons. The van der Waals surface area contributed by atoms with Crippen molar-refractivity contribution < 1.29 is 24.5 Å². The topological polar surface area (TPSA) is 95.9 Å². The second-order valence-electron chi connectivity index (χ2n) is 5.65. The maximum atomic E-state index is 11.9. The third kappa shape index (κ3) is 4.46. The van der Waals surface area contributed by atoms with Crippen molar-refractivity contribution in [3.63, 3.8) is 0 Å². The van der Waals surface area contributed by atoms with E-state index in [0.717, 1.165) is 5.56 Å². The molecule has 1 aliphatic carbocycles. The van der Waals surface area contributed by atoms with Crippen LogP contribution in [0.15, 0.2) is 30.3 Å². The number of hydrogen-bond acceptors (Lipinski definition) is 4. The predicted molar refractivity (Wildman–Crippen MR) is 79.2 cm³/mol. The van der Waals surface area contributed by atoms with E-state index >= 15 is 0 Å². The molecule has 0 bridgehead atoms. The Balaban J connectivity index is 1.85. The SMILES string of the molecule is O=C(O)CCC1(NC(=O)OCc2ccccc2)CC1CCO. The number of amides is 1. The minimum absolute atomic E-state index is 0.0130. The van der Waals surface area contributed by atoms with Gasteiger partial charge in [0.15, 0.2) is 0 Å². The average Bonchev–Trinajstić information content (AvgIpc) is 3.17. The number of rotatable bonds is 8. The third-order valence-corrected chi connectivity index (χ3v) is 4.06. The summed E-state index contributed by atoms with van der Waals surface area (Å²) in [6.45, 7) is 0.201. The highest BCUT2D eigenvalue weighted by atomic mass is 16.5. The highest BCUT2D eigenvalue weighted by Gasteiger charge is 2.54. The minimum Gasteiger partial charge on any atom is -0.481 e. The van der Waals surface area contributed by atoms with E-state index in [4.69, 9.17) is 14.9 Å². The zero-order chi connectivity index (χ0) is 16.0. The molecule has 0 aliphatic heterocycles. The number of alkyl carbamates (subject to hydrolysis) is 1. The molecular weight excluding hydrogens is 286 g/mol. The molecule has 2 rings (SSSR count). The summed E-state index contributed by atoms with van der Waals surface area (Å²) in [6, 6.07) is 9.33. The lowest BCUT2D eigenvalue weighted by Crippen LogP contribution is -2.39. The zero-order valence-corrected chi connectivity index (χ0v) is 12.3. The summed E-state index contributed by atoms with van der Waals surface area (Å²) >= 11 is 0. The van der Waals surface area contributed by atoms with Crippen molar-refractivity contribution in [2.45, 2.75) is 37.8 Å². The molecule has 1 saturated carbocycles. The molecule has 6 nitrogen and oxygen atoms in total. The normalized spacial score (nSPS) is 22.9. The van der Waals surface area contributed by atoms with E-state index in [1.54, 1.807) is 0 Å². The second kappa shape index (κ2) is 7.26. The maximum Gasteiger partial charge on any atom is 0.407 e. The van der Waals surface area contributed by atoms with Crippen LogP contribution in [0.4, 0.5) is 4.79 Å². The summed E-state index contributed by atoms with van der Waals surface area (Å²) in [4.78, 5) is 22.7. The molecule has 0 aromatic heterocycles. The van der Waals surface area contributed by atoms with Gasteiger partial charge in [0.05, 0.1) is 0 Å². The quantitative estimate of drug-likeness (QED) is 0.682. The number of carboxylic acid groups (broad SMARTS) is 1. The molecule has 1 fully saturated rings. The van der Waals surface area contributed by atoms with Gasteiger partial charge in [-0.15, -0.1) is 0 Å². The van der Waals surface area contributed by atoms with E-state index in [1.807, 2.05) is 30.3 Å². The van der Waals surface area contributed by atoms with Gasteiger partial charge in [-0.3, -0.25) is 4.79 Å². The van der Waals surface area contributed by atoms with E-state index in [9.17, 15) is 9.59 Å². The Kier molecular flexibility index (Phi) is 5.38. The summed E-state index contributed by atoms with van der Waals surface area (Å²) in [5.41, 5.74) is 0.342. The summed E-state index contributed by atoms with van der Waals surface area (Å²) in [7, 11) is 0. The van der Waals surface area contributed by atoms with Gasteiger partial charge < -0.3 is 20.3 Å². The molecule has 22 heavy (non-hydrogen) atoms. The van der Waals surface area contributed by atoms with Gasteiger partial charge in [-0.2, -0.15) is 0 Å². The number of aliphatic hydroxyl groups is 1. The van der Waals surface area contributed by atoms with Crippen LogP contribution in [0, 0.1) is 5.92 Å². The fourth-order valence-corrected chi connectivity index (χ4v) is 2.73. The van der Waals surface area contributed by atoms with E-state index in [1.165, 1.54) is 0 Å². The monoisotopic (exact) mass is 307 g/mol. The van der Waals surface area contributed by atoms with Crippen LogP contribution in [-0.4, -0.2) is 34.4 Å². The fraction of sp³-hybridized carbons (Fsp3) is 0.500. The number of carboxylic acids is 1. The number of aliphatic hydroxyl groups excluding tert-OH is 1. The Morgan fingerprint density at radius 2 is 2.05 bits per heavy atom. The molecule has 3 N–H and O–H groups in total. The molecule has 0 heterocycles. The fourth-order valence-electron chi connectivity index (χ4n) is 2.73. The van der Waals surface area contributed by atoms with Crippen molar-refractivity contribution in [2.75, 3.05) is 6.61 Å². The molecule has 0 saturated heterocycles. The second-order valence-corrected chi connectivity index (χ2v) is 5.65. The smallest absolute Gasteiger partial charge is 0.407 e. The van der Waals surface area contributed by atoms with Crippen molar-refractivity contribution in [3.8, 4) is 0 Å². The van der Waals surface area contributed by atoms with Crippen LogP contribution >= 0.6 is 0 Å². The summed E-state index contributed by atoms with van der Waals surface area (Å²) < 4.78 is 5.18. The van der Waals surface area contributed by atoms with Crippen LogP contribution in [0.25, 0.3) is 0 Å². The number of carbonyl (C=O) groups is 2. The first-order valence-electron chi connectivity index (χ1n) is 7.37. The lowest BCUT2D eigenvalue weighted by molar-refractivity contribution is -0.137. The highest BCUT2D eigenvalue weighted by molar-refractivity contribution is 5.70. The number of aliphatic carboxylic acids is 1. The Morgan fingerprint density at radius 3 is 2.68 bits per heavy atom. The van der Waals surface area contributed by atoms with Crippen LogP contribution in [-0.2, 0) is 16.1 Å². The number of carbonyl (C=O) groups excluding carboxylic acids is 1. The van der Waals surface area contributed by atoms with Gasteiger partial charge in [0.1, 0.15) is 6.61 Å². The molecular formula is C16H21NO5. The summed E-state index contributed by atoms with van der Waals surface area (Å²) in [5.74, 6) is -0.783. The van der Waals surface area contributed by atoms with Crippen LogP contribution in [0.2, 0.25) is 0 Å². The van der Waals surface area contributed by atoms with Gasteiger partial charge in [0, 0.05) is 18.6 Å². The molecule has 1 aliphatic rings. The third-order valence-electron chi connectivity index (χ3n) is 4.06. The molecule has 2 unspecified atom stereocenters. The molecule has 2 atom stereocenters. The Hall–Kier alpha value is -2.08. The van der Waals surface area contributed by atoms with E-state index in [-0.39, 0.29) is 25.6 Å². The van der Waals surface area contributed by atoms with E-state index in [2.05, 4.69) is 5.32 Å². The first-order chi connectivity index (χ1) is 10.6. The van der Waals surface area contributed by atoms with Crippen LogP contribution in [0.1, 0.15) is 31.2 Å². The van der Waals surface area contributed by atoms with Gasteiger partial charge in [-0.1, -0.05) is 30.3 Å². The van der Waals surface area contributed by atoms with Crippen LogP contribution < -0.4 is 5.32 Å². The predicted octanol–water partition coefficient (Wildman–Crippen LogP) is 1.92. The van der Waals surface area contributed by atoms with Crippen molar-refractivity contribution in [2.24, 2.45) is 5.92 Å². The van der Waals surface area contributed by atoms with Gasteiger partial charge in [-0.05, 0) is 30.7 Å². The lowest BCUT2D eigenvalue weighted by Gasteiger charge is -2.18. The number of hydrogen-bond donors (Lipinski definition) is 3. The van der Waals surface area contributed by atoms with Crippen molar-refractivity contribution in [3.05, 3.63) is 35.9 Å². The van der Waals surface area contributed by atoms with Crippen molar-refractivity contribution >= 4 is 12.1 Å². The van der Waals surface area contributed by atoms with Gasteiger partial charge in [-0.25, -0.2) is 4.79 Å². The number of benzene rings is 1. The Labute approximate surface area is 129 Å². The molecule has 1 amide bonds. The first-order valence-corrected chi connectivity index (χ1v) is 7.37. The number of nitrogens with one attached hydrogen (secondary N) is 1. The molecule has 0 spiro atoms. The molecule has 6 heteroatoms. The standard InChI is InChI=1S/C16H21NO5/c18-9-7-13-10-16(13,8-6-14(19)20)17-15(21)22-11-12-4-2-1-3-5-12/h1-5,13,18H,6-11H2,(H,17,21)(H,19,20). The van der Waals surface area contributed by atoms with Gasteiger partial charge in [0.25, 0.3) is 0 Å². The van der Waals surface area contributed by atoms with Crippen molar-refractivity contribution in [1.29, 1.82) is 0 Å². The molecule has 1 aromatic carbocycles. The first kappa shape index (κ1) is 16.3. The van der Waals surface area contributed by atoms with Crippen molar-refractivity contribution in [1.82, 2.24) is 5.32 Å². The van der Waals surface area contributed by atoms with E-state index in [0.29, 0.717) is 19.3 Å². The summed E-state index contributed by atoms with van der Waals surface area (Å²) in [5, 5.41) is 20.6. The molecule has 1 aromatic rings. The highest BCUT2D eigenvalue weighted by Crippen LogP contribution is 2.49. The van der Waals surface area contributed by atoms with E-state index < -0.39 is 17.6 Å². The molecule has 120 valence electrons. The van der Waals surface area contributed by atoms with Gasteiger partial charge in [0.2, 0.25) is 0 Å². The average molecular weight is 307 g/mol. The minimum atomic E-state index is -0.895. The lowest BCUT2D eigenvalue weighted by atomic mass is 10.1. The largest absolute Gasteiger partial charge is 0.481 e. The Morgan fingerprint density at radius 1 is 1.32 bits per heavy atom. The number of ether oxygens (including phenoxy) is 1. The maximum absolute atomic E-state index is 11.9.